The third-order valence-electron chi connectivity index (χ3n) is 3.59. The number of rotatable bonds is 4. The Morgan fingerprint density at radius 2 is 1.96 bits per heavy atom. The Morgan fingerprint density at radius 3 is 2.72 bits per heavy atom. The quantitative estimate of drug-likeness (QED) is 0.854. The zero-order valence-corrected chi connectivity index (χ0v) is 14.0. The number of carbonyl (C=O) groups is 1. The maximum absolute atomic E-state index is 14.0. The number of carbonyl (C=O) groups excluding carboxylic acids is 1. The fraction of sp³-hybridized carbons (Fsp3) is 0.235. The molecule has 0 spiro atoms. The third-order valence-corrected chi connectivity index (χ3v) is 3.81. The summed E-state index contributed by atoms with van der Waals surface area (Å²) in [5, 5.41) is 5.69. The van der Waals surface area contributed by atoms with Gasteiger partial charge in [-0.1, -0.05) is 11.6 Å². The van der Waals surface area contributed by atoms with E-state index in [2.05, 4.69) is 10.6 Å². The van der Waals surface area contributed by atoms with Crippen molar-refractivity contribution in [3.8, 4) is 5.75 Å². The van der Waals surface area contributed by atoms with Crippen molar-refractivity contribution >= 4 is 28.9 Å². The maximum Gasteiger partial charge on any atom is 0.221 e. The fourth-order valence-electron chi connectivity index (χ4n) is 2.55. The Kier molecular flexibility index (Phi) is 5.06. The molecule has 1 aliphatic rings. The van der Waals surface area contributed by atoms with Gasteiger partial charge in [-0.2, -0.15) is 0 Å². The molecule has 2 N–H and O–H groups in total. The van der Waals surface area contributed by atoms with Crippen LogP contribution in [-0.2, 0) is 22.7 Å². The number of hydrogen-bond acceptors (Lipinski definition) is 4. The zero-order valence-electron chi connectivity index (χ0n) is 13.3. The van der Waals surface area contributed by atoms with Crippen LogP contribution >= 0.6 is 11.6 Å². The first-order valence-corrected chi connectivity index (χ1v) is 7.84. The number of hydrogen-bond donors (Lipinski definition) is 2. The molecule has 1 aliphatic heterocycles. The molecule has 132 valence electrons. The van der Waals surface area contributed by atoms with E-state index < -0.39 is 17.5 Å². The molecule has 8 heteroatoms. The van der Waals surface area contributed by atoms with Gasteiger partial charge < -0.3 is 20.1 Å². The number of nitrogens with one attached hydrogen (secondary N) is 2. The van der Waals surface area contributed by atoms with E-state index in [0.29, 0.717) is 23.4 Å². The number of amides is 1. The molecule has 0 fully saturated rings. The molecule has 0 bridgehead atoms. The fourth-order valence-corrected chi connectivity index (χ4v) is 2.81. The molecule has 0 radical (unpaired) electrons. The van der Waals surface area contributed by atoms with Crippen LogP contribution in [0.15, 0.2) is 24.3 Å². The molecule has 2 aromatic rings. The van der Waals surface area contributed by atoms with E-state index in [1.54, 1.807) is 12.1 Å². The van der Waals surface area contributed by atoms with Gasteiger partial charge in [0.2, 0.25) is 5.91 Å². The van der Waals surface area contributed by atoms with Crippen molar-refractivity contribution in [1.29, 1.82) is 0 Å². The summed E-state index contributed by atoms with van der Waals surface area (Å²) in [5.74, 6) is -1.44. The Hall–Kier alpha value is -2.38. The number of ether oxygens (including phenoxy) is 2. The van der Waals surface area contributed by atoms with Gasteiger partial charge in [-0.05, 0) is 18.2 Å². The third kappa shape index (κ3) is 4.00. The zero-order chi connectivity index (χ0) is 18.0. The highest BCUT2D eigenvalue weighted by molar-refractivity contribution is 6.30. The summed E-state index contributed by atoms with van der Waals surface area (Å²) in [6.07, 6.45) is 0. The highest BCUT2D eigenvalue weighted by Gasteiger charge is 2.17. The Balaban J connectivity index is 1.84. The second-order valence-electron chi connectivity index (χ2n) is 5.51. The average Bonchev–Trinajstić information content (AvgIpc) is 2.55. The Bertz CT molecular complexity index is 830. The van der Waals surface area contributed by atoms with E-state index in [1.807, 2.05) is 0 Å². The number of halogens is 3. The van der Waals surface area contributed by atoms with Gasteiger partial charge in [-0.15, -0.1) is 0 Å². The van der Waals surface area contributed by atoms with Crippen LogP contribution in [0.2, 0.25) is 5.02 Å². The molecule has 1 amide bonds. The van der Waals surface area contributed by atoms with Crippen molar-refractivity contribution in [3.05, 3.63) is 52.0 Å². The largest absolute Gasteiger partial charge is 0.467 e. The number of benzene rings is 2. The average molecular weight is 369 g/mol. The predicted octanol–water partition coefficient (Wildman–Crippen LogP) is 4.06. The minimum atomic E-state index is -0.848. The van der Waals surface area contributed by atoms with E-state index in [1.165, 1.54) is 13.0 Å². The lowest BCUT2D eigenvalue weighted by Crippen LogP contribution is -2.15. The molecule has 25 heavy (non-hydrogen) atoms. The van der Waals surface area contributed by atoms with Gasteiger partial charge in [0.05, 0.1) is 18.0 Å². The monoisotopic (exact) mass is 368 g/mol. The molecular weight excluding hydrogens is 354 g/mol. The van der Waals surface area contributed by atoms with Crippen LogP contribution in [0.3, 0.4) is 0 Å². The van der Waals surface area contributed by atoms with E-state index in [9.17, 15) is 13.6 Å². The molecule has 3 rings (SSSR count). The van der Waals surface area contributed by atoms with Crippen LogP contribution in [0.4, 0.5) is 20.2 Å². The van der Waals surface area contributed by atoms with Gasteiger partial charge in [0.15, 0.2) is 6.79 Å². The summed E-state index contributed by atoms with van der Waals surface area (Å²) in [7, 11) is 0. The van der Waals surface area contributed by atoms with Crippen molar-refractivity contribution in [1.82, 2.24) is 0 Å². The standard InChI is InChI=1S/C17H15ClF2N2O3/c1-9(23)22-16-5-15(13(19)4-14(16)20)21-6-10-2-12(18)3-11-7-24-8-25-17(10)11/h2-5,21H,6-8H2,1H3,(H,22,23). The second-order valence-corrected chi connectivity index (χ2v) is 5.95. The van der Waals surface area contributed by atoms with Crippen molar-refractivity contribution < 1.29 is 23.0 Å². The molecule has 0 unspecified atom stereocenters. The minimum absolute atomic E-state index is 0.0472. The first-order chi connectivity index (χ1) is 11.9. The summed E-state index contributed by atoms with van der Waals surface area (Å²) in [6.45, 7) is 1.94. The summed E-state index contributed by atoms with van der Waals surface area (Å²) in [5.41, 5.74) is 1.46. The molecule has 2 aromatic carbocycles. The number of fused-ring (bicyclic) bond motifs is 1. The molecule has 0 saturated heterocycles. The van der Waals surface area contributed by atoms with Gasteiger partial charge in [0.25, 0.3) is 0 Å². The van der Waals surface area contributed by atoms with Crippen LogP contribution in [0.1, 0.15) is 18.1 Å². The van der Waals surface area contributed by atoms with Gasteiger partial charge in [0, 0.05) is 35.7 Å². The maximum atomic E-state index is 14.0. The SMILES string of the molecule is CC(=O)Nc1cc(NCc2cc(Cl)cc3c2OCOC3)c(F)cc1F. The molecule has 1 heterocycles. The van der Waals surface area contributed by atoms with Gasteiger partial charge in [-0.25, -0.2) is 8.78 Å². The summed E-state index contributed by atoms with van der Waals surface area (Å²) in [4.78, 5) is 11.1. The Morgan fingerprint density at radius 1 is 1.20 bits per heavy atom. The van der Waals surface area contributed by atoms with Gasteiger partial charge >= 0.3 is 0 Å². The van der Waals surface area contributed by atoms with Crippen LogP contribution in [0.5, 0.6) is 5.75 Å². The van der Waals surface area contributed by atoms with E-state index >= 15 is 0 Å². The van der Waals surface area contributed by atoms with Crippen molar-refractivity contribution in [2.75, 3.05) is 17.4 Å². The molecular formula is C17H15ClF2N2O3. The van der Waals surface area contributed by atoms with Crippen LogP contribution in [0, 0.1) is 11.6 Å². The highest BCUT2D eigenvalue weighted by atomic mass is 35.5. The topological polar surface area (TPSA) is 59.6 Å². The van der Waals surface area contributed by atoms with Crippen LogP contribution in [0.25, 0.3) is 0 Å². The van der Waals surface area contributed by atoms with Crippen LogP contribution < -0.4 is 15.4 Å². The minimum Gasteiger partial charge on any atom is -0.467 e. The van der Waals surface area contributed by atoms with E-state index in [0.717, 1.165) is 11.1 Å². The normalized spacial score (nSPS) is 13.0. The molecule has 0 saturated carbocycles. The highest BCUT2D eigenvalue weighted by Crippen LogP contribution is 2.32. The van der Waals surface area contributed by atoms with Crippen molar-refractivity contribution in [3.63, 3.8) is 0 Å². The van der Waals surface area contributed by atoms with Gasteiger partial charge in [-0.3, -0.25) is 4.79 Å². The lowest BCUT2D eigenvalue weighted by molar-refractivity contribution is -0.114. The molecule has 0 aliphatic carbocycles. The predicted molar refractivity (Wildman–Crippen MR) is 89.7 cm³/mol. The lowest BCUT2D eigenvalue weighted by atomic mass is 10.1. The smallest absolute Gasteiger partial charge is 0.221 e. The van der Waals surface area contributed by atoms with Crippen molar-refractivity contribution in [2.45, 2.75) is 20.1 Å². The number of anilines is 2. The molecule has 0 aromatic heterocycles. The van der Waals surface area contributed by atoms with Crippen LogP contribution in [-0.4, -0.2) is 12.7 Å². The van der Waals surface area contributed by atoms with E-state index in [4.69, 9.17) is 21.1 Å². The van der Waals surface area contributed by atoms with Crippen molar-refractivity contribution in [2.24, 2.45) is 0 Å². The first kappa shape index (κ1) is 17.4. The summed E-state index contributed by atoms with van der Waals surface area (Å²) in [6, 6.07) is 5.36. The van der Waals surface area contributed by atoms with Gasteiger partial charge in [0.1, 0.15) is 17.4 Å². The summed E-state index contributed by atoms with van der Waals surface area (Å²) < 4.78 is 38.4. The lowest BCUT2D eigenvalue weighted by Gasteiger charge is -2.21. The van der Waals surface area contributed by atoms with E-state index in [-0.39, 0.29) is 24.7 Å². The molecule has 0 atom stereocenters. The second kappa shape index (κ2) is 7.25. The summed E-state index contributed by atoms with van der Waals surface area (Å²) >= 11 is 6.09. The first-order valence-electron chi connectivity index (χ1n) is 7.46. The molecule has 5 nitrogen and oxygen atoms in total. The Labute approximate surface area is 147 Å².